The van der Waals surface area contributed by atoms with Gasteiger partial charge in [0.25, 0.3) is 0 Å². The Hall–Kier alpha value is 0. The molecule has 0 fully saturated rings. The molecule has 0 saturated carbocycles. The Kier molecular flexibility index (Phi) is 17.1. The number of hydrogen-bond acceptors (Lipinski definition) is 0. The minimum atomic E-state index is 0.906. The fourth-order valence-corrected chi connectivity index (χ4v) is 3.77. The van der Waals surface area contributed by atoms with Gasteiger partial charge in [-0.3, -0.25) is 0 Å². The first-order valence-corrected chi connectivity index (χ1v) is 9.64. The molecule has 0 spiro atoms. The maximum atomic E-state index is 2.46. The summed E-state index contributed by atoms with van der Waals surface area (Å²) in [5, 5.41) is 0. The molecule has 0 saturated heterocycles. The highest BCUT2D eigenvalue weighted by atomic mass is 14.3. The van der Waals surface area contributed by atoms with E-state index in [2.05, 4.69) is 41.5 Å². The van der Waals surface area contributed by atoms with Gasteiger partial charge in [-0.2, -0.15) is 0 Å². The van der Waals surface area contributed by atoms with Gasteiger partial charge in [-0.1, -0.05) is 100 Å². The fourth-order valence-electron chi connectivity index (χ4n) is 3.77. The molecule has 0 rings (SSSR count). The van der Waals surface area contributed by atoms with E-state index in [4.69, 9.17) is 0 Å². The third-order valence-corrected chi connectivity index (χ3v) is 5.01. The molecule has 0 aliphatic rings. The zero-order valence-corrected chi connectivity index (χ0v) is 16.0. The van der Waals surface area contributed by atoms with E-state index in [-0.39, 0.29) is 0 Å². The van der Waals surface area contributed by atoms with E-state index in [1.807, 2.05) is 13.8 Å². The Morgan fingerprint density at radius 2 is 1.20 bits per heavy atom. The van der Waals surface area contributed by atoms with Crippen LogP contribution in [0.3, 0.4) is 0 Å². The highest BCUT2D eigenvalue weighted by molar-refractivity contribution is 4.75. The van der Waals surface area contributed by atoms with Crippen molar-refractivity contribution in [3.8, 4) is 0 Å². The molecule has 0 aromatic heterocycles. The molecule has 0 heterocycles. The molecule has 0 bridgehead atoms. The monoisotopic (exact) mass is 284 g/mol. The second kappa shape index (κ2) is 15.4. The predicted molar refractivity (Wildman–Crippen MR) is 96.3 cm³/mol. The summed E-state index contributed by atoms with van der Waals surface area (Å²) < 4.78 is 0. The second-order valence-corrected chi connectivity index (χ2v) is 6.31. The number of hydrogen-bond donors (Lipinski definition) is 0. The summed E-state index contributed by atoms with van der Waals surface area (Å²) in [6, 6.07) is 0. The summed E-state index contributed by atoms with van der Waals surface area (Å²) in [5.74, 6) is 3.82. The van der Waals surface area contributed by atoms with E-state index in [1.165, 1.54) is 51.4 Å². The summed E-state index contributed by atoms with van der Waals surface area (Å²) >= 11 is 0. The molecule has 0 heteroatoms. The molecule has 0 aliphatic heterocycles. The first-order valence-electron chi connectivity index (χ1n) is 9.64. The van der Waals surface area contributed by atoms with Crippen molar-refractivity contribution >= 4 is 0 Å². The maximum Gasteiger partial charge on any atom is -0.0363 e. The summed E-state index contributed by atoms with van der Waals surface area (Å²) in [5.41, 5.74) is 0. The van der Waals surface area contributed by atoms with Crippen molar-refractivity contribution in [1.29, 1.82) is 0 Å². The van der Waals surface area contributed by atoms with Gasteiger partial charge in [0.15, 0.2) is 0 Å². The standard InChI is InChI=1S/C18H38.C2H6/c1-7-12-16(13-8-2)14-17(10-4)18(11-5)15(6)9-3;1-2/h15-18H,7-14H2,1-6H3;1-2H3. The van der Waals surface area contributed by atoms with Gasteiger partial charge in [0.2, 0.25) is 0 Å². The lowest BCUT2D eigenvalue weighted by Gasteiger charge is -2.33. The van der Waals surface area contributed by atoms with Gasteiger partial charge < -0.3 is 0 Å². The Bertz CT molecular complexity index is 167. The zero-order chi connectivity index (χ0) is 16.0. The van der Waals surface area contributed by atoms with E-state index >= 15 is 0 Å². The Balaban J connectivity index is 0. The lowest BCUT2D eigenvalue weighted by Crippen LogP contribution is -2.23. The van der Waals surface area contributed by atoms with Crippen molar-refractivity contribution in [3.63, 3.8) is 0 Å². The summed E-state index contributed by atoms with van der Waals surface area (Å²) in [6.45, 7) is 18.3. The van der Waals surface area contributed by atoms with Crippen LogP contribution in [0.2, 0.25) is 0 Å². The molecule has 3 unspecified atom stereocenters. The maximum absolute atomic E-state index is 2.46. The van der Waals surface area contributed by atoms with E-state index < -0.39 is 0 Å². The van der Waals surface area contributed by atoms with Crippen molar-refractivity contribution in [1.82, 2.24) is 0 Å². The van der Waals surface area contributed by atoms with Crippen molar-refractivity contribution < 1.29 is 0 Å². The first-order chi connectivity index (χ1) is 9.64. The Labute approximate surface area is 131 Å². The molecule has 124 valence electrons. The van der Waals surface area contributed by atoms with E-state index in [0.29, 0.717) is 0 Å². The van der Waals surface area contributed by atoms with Crippen LogP contribution in [-0.4, -0.2) is 0 Å². The molecular weight excluding hydrogens is 240 g/mol. The van der Waals surface area contributed by atoms with E-state index in [0.717, 1.165) is 23.7 Å². The van der Waals surface area contributed by atoms with Gasteiger partial charge in [-0.05, 0) is 30.1 Å². The molecule has 0 nitrogen and oxygen atoms in total. The summed E-state index contributed by atoms with van der Waals surface area (Å²) in [7, 11) is 0. The largest absolute Gasteiger partial charge is 0.0683 e. The fraction of sp³-hybridized carbons (Fsp3) is 1.00. The van der Waals surface area contributed by atoms with Crippen molar-refractivity contribution in [2.75, 3.05) is 0 Å². The van der Waals surface area contributed by atoms with E-state index in [9.17, 15) is 0 Å². The lowest BCUT2D eigenvalue weighted by atomic mass is 9.73. The second-order valence-electron chi connectivity index (χ2n) is 6.31. The molecule has 0 N–H and O–H groups in total. The first kappa shape index (κ1) is 22.3. The van der Waals surface area contributed by atoms with Crippen LogP contribution in [0.5, 0.6) is 0 Å². The van der Waals surface area contributed by atoms with Gasteiger partial charge in [-0.15, -0.1) is 0 Å². The van der Waals surface area contributed by atoms with Crippen LogP contribution in [-0.2, 0) is 0 Å². The minimum absolute atomic E-state index is 0.906. The van der Waals surface area contributed by atoms with Gasteiger partial charge >= 0.3 is 0 Å². The van der Waals surface area contributed by atoms with Gasteiger partial charge in [0.1, 0.15) is 0 Å². The Morgan fingerprint density at radius 3 is 1.50 bits per heavy atom. The molecule has 0 radical (unpaired) electrons. The highest BCUT2D eigenvalue weighted by Crippen LogP contribution is 2.35. The van der Waals surface area contributed by atoms with Gasteiger partial charge in [0.05, 0.1) is 0 Å². The topological polar surface area (TPSA) is 0 Å². The molecule has 0 aromatic carbocycles. The molecule has 3 atom stereocenters. The van der Waals surface area contributed by atoms with Crippen molar-refractivity contribution in [3.05, 3.63) is 0 Å². The molecule has 20 heavy (non-hydrogen) atoms. The zero-order valence-electron chi connectivity index (χ0n) is 16.0. The van der Waals surface area contributed by atoms with Crippen molar-refractivity contribution in [2.24, 2.45) is 23.7 Å². The van der Waals surface area contributed by atoms with Crippen LogP contribution in [0.25, 0.3) is 0 Å². The smallest absolute Gasteiger partial charge is 0.0363 e. The van der Waals surface area contributed by atoms with Gasteiger partial charge in [0, 0.05) is 0 Å². The van der Waals surface area contributed by atoms with Crippen LogP contribution in [0.4, 0.5) is 0 Å². The van der Waals surface area contributed by atoms with Crippen LogP contribution in [0, 0.1) is 23.7 Å². The average molecular weight is 285 g/mol. The third kappa shape index (κ3) is 9.03. The van der Waals surface area contributed by atoms with Crippen LogP contribution >= 0.6 is 0 Å². The van der Waals surface area contributed by atoms with Crippen LogP contribution in [0.15, 0.2) is 0 Å². The minimum Gasteiger partial charge on any atom is -0.0683 e. The quantitative estimate of drug-likeness (QED) is 0.364. The van der Waals surface area contributed by atoms with Crippen LogP contribution < -0.4 is 0 Å². The van der Waals surface area contributed by atoms with Gasteiger partial charge in [-0.25, -0.2) is 0 Å². The predicted octanol–water partition coefficient (Wildman–Crippen LogP) is 7.72. The Morgan fingerprint density at radius 1 is 0.700 bits per heavy atom. The molecular formula is C20H44. The molecule has 0 aliphatic carbocycles. The summed E-state index contributed by atoms with van der Waals surface area (Å²) in [6.07, 6.45) is 11.2. The van der Waals surface area contributed by atoms with E-state index in [1.54, 1.807) is 0 Å². The van der Waals surface area contributed by atoms with Crippen molar-refractivity contribution in [2.45, 2.75) is 107 Å². The number of rotatable bonds is 11. The van der Waals surface area contributed by atoms with Crippen LogP contribution in [0.1, 0.15) is 107 Å². The lowest BCUT2D eigenvalue weighted by molar-refractivity contribution is 0.178. The molecule has 0 amide bonds. The summed E-state index contributed by atoms with van der Waals surface area (Å²) in [4.78, 5) is 0. The normalized spacial score (nSPS) is 15.4. The molecule has 0 aromatic rings. The highest BCUT2D eigenvalue weighted by Gasteiger charge is 2.25. The third-order valence-electron chi connectivity index (χ3n) is 5.01. The SMILES string of the molecule is CC.CCCC(CCC)CC(CC)C(CC)C(C)CC. The average Bonchev–Trinajstić information content (AvgIpc) is 2.49.